The molecule has 2 aliphatic carbocycles. The van der Waals surface area contributed by atoms with E-state index in [0.29, 0.717) is 11.5 Å². The van der Waals surface area contributed by atoms with E-state index in [1.807, 2.05) is 0 Å². The first-order valence-corrected chi connectivity index (χ1v) is 5.99. The average molecular weight is 191 g/mol. The molecule has 2 atom stereocenters. The topological polar surface area (TPSA) is 12.0 Å². The van der Waals surface area contributed by atoms with Crippen LogP contribution in [0.15, 0.2) is 0 Å². The number of hydrogen-bond donors (Lipinski definition) is 1. The zero-order valence-corrected chi connectivity index (χ0v) is 9.18. The van der Waals surface area contributed by atoms with E-state index in [1.165, 1.54) is 44.9 Å². The fourth-order valence-corrected chi connectivity index (χ4v) is 3.16. The van der Waals surface area contributed by atoms with Gasteiger partial charge in [-0.3, -0.25) is 0 Å². The van der Waals surface area contributed by atoms with Crippen molar-refractivity contribution in [2.24, 2.45) is 5.41 Å². The predicted molar refractivity (Wildman–Crippen MR) is 60.0 cm³/mol. The smallest absolute Gasteiger partial charge is 0.0660 e. The Kier molecular flexibility index (Phi) is 2.83. The first kappa shape index (κ1) is 10.1. The Labute approximate surface area is 87.7 Å². The third kappa shape index (κ3) is 1.68. The van der Waals surface area contributed by atoms with Gasteiger partial charge in [-0.25, -0.2) is 0 Å². The van der Waals surface area contributed by atoms with Crippen molar-refractivity contribution in [2.45, 2.75) is 64.0 Å². The lowest BCUT2D eigenvalue weighted by Crippen LogP contribution is -2.56. The van der Waals surface area contributed by atoms with Crippen LogP contribution in [0.25, 0.3) is 0 Å². The lowest BCUT2D eigenvalue weighted by Gasteiger charge is -2.53. The van der Waals surface area contributed by atoms with Gasteiger partial charge in [-0.2, -0.15) is 0 Å². The Bertz CT molecular complexity index is 232. The fourth-order valence-electron chi connectivity index (χ4n) is 3.16. The number of terminal acetylenes is 1. The Morgan fingerprint density at radius 1 is 1.29 bits per heavy atom. The molecule has 14 heavy (non-hydrogen) atoms. The van der Waals surface area contributed by atoms with Crippen molar-refractivity contribution in [3.63, 3.8) is 0 Å². The molecule has 0 saturated heterocycles. The van der Waals surface area contributed by atoms with Crippen molar-refractivity contribution in [1.82, 2.24) is 5.32 Å². The summed E-state index contributed by atoms with van der Waals surface area (Å²) in [5.41, 5.74) is 0.642. The molecule has 1 heteroatoms. The maximum absolute atomic E-state index is 5.40. The van der Waals surface area contributed by atoms with Crippen molar-refractivity contribution in [2.75, 3.05) is 0 Å². The van der Waals surface area contributed by atoms with Crippen molar-refractivity contribution >= 4 is 0 Å². The van der Waals surface area contributed by atoms with Crippen LogP contribution in [0.2, 0.25) is 0 Å². The Morgan fingerprint density at radius 3 is 2.50 bits per heavy atom. The van der Waals surface area contributed by atoms with Crippen LogP contribution in [-0.2, 0) is 0 Å². The Balaban J connectivity index is 1.91. The normalized spacial score (nSPS) is 31.9. The Hall–Kier alpha value is -0.480. The molecule has 2 unspecified atom stereocenters. The summed E-state index contributed by atoms with van der Waals surface area (Å²) in [6.45, 7) is 2.09. The van der Waals surface area contributed by atoms with Crippen LogP contribution in [0.1, 0.15) is 51.9 Å². The molecule has 78 valence electrons. The van der Waals surface area contributed by atoms with Crippen LogP contribution in [0.4, 0.5) is 0 Å². The van der Waals surface area contributed by atoms with Gasteiger partial charge in [-0.1, -0.05) is 25.2 Å². The fraction of sp³-hybridized carbons (Fsp3) is 0.846. The molecule has 0 aromatic carbocycles. The molecule has 1 spiro atoms. The molecule has 1 N–H and O–H groups in total. The van der Waals surface area contributed by atoms with Crippen LogP contribution >= 0.6 is 0 Å². The van der Waals surface area contributed by atoms with Crippen molar-refractivity contribution in [1.29, 1.82) is 0 Å². The molecule has 0 aromatic rings. The van der Waals surface area contributed by atoms with Crippen LogP contribution in [-0.4, -0.2) is 12.1 Å². The molecule has 2 saturated carbocycles. The van der Waals surface area contributed by atoms with Crippen LogP contribution in [0, 0.1) is 17.8 Å². The molecule has 2 aliphatic rings. The van der Waals surface area contributed by atoms with Gasteiger partial charge in [0.25, 0.3) is 0 Å². The minimum absolute atomic E-state index is 0.249. The van der Waals surface area contributed by atoms with Crippen molar-refractivity contribution in [3.05, 3.63) is 0 Å². The lowest BCUT2D eigenvalue weighted by atomic mass is 9.57. The summed E-state index contributed by atoms with van der Waals surface area (Å²) < 4.78 is 0. The zero-order valence-electron chi connectivity index (χ0n) is 9.18. The second-order valence-electron chi connectivity index (χ2n) is 5.07. The predicted octanol–water partition coefficient (Wildman–Crippen LogP) is 2.71. The van der Waals surface area contributed by atoms with E-state index in [-0.39, 0.29) is 6.04 Å². The first-order valence-electron chi connectivity index (χ1n) is 5.99. The van der Waals surface area contributed by atoms with Gasteiger partial charge in [0, 0.05) is 6.04 Å². The molecule has 0 heterocycles. The highest BCUT2D eigenvalue weighted by Crippen LogP contribution is 2.51. The van der Waals surface area contributed by atoms with Gasteiger partial charge in [-0.05, 0) is 38.0 Å². The van der Waals surface area contributed by atoms with E-state index in [4.69, 9.17) is 6.42 Å². The standard InChI is InChI=1S/C13H21N/c1-3-11(2)14-12-7-10-13(12)8-5-4-6-9-13/h1,11-12,14H,4-10H2,2H3. The maximum atomic E-state index is 5.40. The summed E-state index contributed by atoms with van der Waals surface area (Å²) in [7, 11) is 0. The highest BCUT2D eigenvalue weighted by molar-refractivity contribution is 5.06. The first-order chi connectivity index (χ1) is 6.77. The van der Waals surface area contributed by atoms with E-state index in [9.17, 15) is 0 Å². The van der Waals surface area contributed by atoms with E-state index in [0.717, 1.165) is 0 Å². The summed E-state index contributed by atoms with van der Waals surface area (Å²) in [5.74, 6) is 2.77. The summed E-state index contributed by atoms with van der Waals surface area (Å²) >= 11 is 0. The minimum atomic E-state index is 0.249. The van der Waals surface area contributed by atoms with E-state index >= 15 is 0 Å². The van der Waals surface area contributed by atoms with Gasteiger partial charge >= 0.3 is 0 Å². The average Bonchev–Trinajstić information content (AvgIpc) is 2.25. The molecular formula is C13H21N. The summed E-state index contributed by atoms with van der Waals surface area (Å²) in [4.78, 5) is 0. The highest BCUT2D eigenvalue weighted by Gasteiger charge is 2.46. The molecule has 0 radical (unpaired) electrons. The Morgan fingerprint density at radius 2 is 2.00 bits per heavy atom. The zero-order chi connectivity index (χ0) is 10.0. The van der Waals surface area contributed by atoms with E-state index in [1.54, 1.807) is 0 Å². The van der Waals surface area contributed by atoms with Gasteiger partial charge in [0.1, 0.15) is 0 Å². The van der Waals surface area contributed by atoms with Gasteiger partial charge in [0.2, 0.25) is 0 Å². The molecule has 0 amide bonds. The number of hydrogen-bond acceptors (Lipinski definition) is 1. The van der Waals surface area contributed by atoms with Gasteiger partial charge < -0.3 is 5.32 Å². The molecule has 2 fully saturated rings. The minimum Gasteiger partial charge on any atom is -0.301 e. The van der Waals surface area contributed by atoms with Gasteiger partial charge in [0.15, 0.2) is 0 Å². The third-order valence-corrected chi connectivity index (χ3v) is 4.22. The molecule has 1 nitrogen and oxygen atoms in total. The second kappa shape index (κ2) is 3.95. The quantitative estimate of drug-likeness (QED) is 0.662. The largest absolute Gasteiger partial charge is 0.301 e. The highest BCUT2D eigenvalue weighted by atomic mass is 15.0. The molecule has 0 bridgehead atoms. The van der Waals surface area contributed by atoms with Gasteiger partial charge in [0.05, 0.1) is 6.04 Å². The van der Waals surface area contributed by atoms with E-state index < -0.39 is 0 Å². The second-order valence-corrected chi connectivity index (χ2v) is 5.07. The molecule has 2 rings (SSSR count). The van der Waals surface area contributed by atoms with Crippen LogP contribution < -0.4 is 5.32 Å². The SMILES string of the molecule is C#CC(C)NC1CCC12CCCCC2. The third-order valence-electron chi connectivity index (χ3n) is 4.22. The monoisotopic (exact) mass is 191 g/mol. The van der Waals surface area contributed by atoms with Crippen molar-refractivity contribution < 1.29 is 0 Å². The number of rotatable bonds is 2. The summed E-state index contributed by atoms with van der Waals surface area (Å²) in [6.07, 6.45) is 15.4. The van der Waals surface area contributed by atoms with Crippen molar-refractivity contribution in [3.8, 4) is 12.3 Å². The lowest BCUT2D eigenvalue weighted by molar-refractivity contribution is 0.0209. The van der Waals surface area contributed by atoms with E-state index in [2.05, 4.69) is 18.2 Å². The van der Waals surface area contributed by atoms with Crippen LogP contribution in [0.3, 0.4) is 0 Å². The number of nitrogens with one attached hydrogen (secondary N) is 1. The summed E-state index contributed by atoms with van der Waals surface area (Å²) in [5, 5.41) is 3.59. The van der Waals surface area contributed by atoms with Crippen LogP contribution in [0.5, 0.6) is 0 Å². The molecule has 0 aliphatic heterocycles. The molecule has 0 aromatic heterocycles. The molecular weight excluding hydrogens is 170 g/mol. The maximum Gasteiger partial charge on any atom is 0.0660 e. The summed E-state index contributed by atoms with van der Waals surface area (Å²) in [6, 6.07) is 0.966. The van der Waals surface area contributed by atoms with Gasteiger partial charge in [-0.15, -0.1) is 6.42 Å².